The lowest BCUT2D eigenvalue weighted by Crippen LogP contribution is -2.45. The van der Waals surface area contributed by atoms with Gasteiger partial charge < -0.3 is 15.0 Å². The van der Waals surface area contributed by atoms with Crippen molar-refractivity contribution in [2.45, 2.75) is 37.8 Å². The summed E-state index contributed by atoms with van der Waals surface area (Å²) in [6.45, 7) is 1.24. The number of rotatable bonds is 6. The van der Waals surface area contributed by atoms with Gasteiger partial charge in [-0.15, -0.1) is 0 Å². The predicted molar refractivity (Wildman–Crippen MR) is 115 cm³/mol. The summed E-state index contributed by atoms with van der Waals surface area (Å²) in [6.07, 6.45) is 5.04. The second kappa shape index (κ2) is 9.34. The molecule has 0 bridgehead atoms. The molecule has 0 unspecified atom stereocenters. The van der Waals surface area contributed by atoms with Gasteiger partial charge in [0.25, 0.3) is 0 Å². The number of carbonyl (C=O) groups is 2. The summed E-state index contributed by atoms with van der Waals surface area (Å²) in [5.74, 6) is 0.462. The number of ether oxygens (including phenoxy) is 1. The molecule has 30 heavy (non-hydrogen) atoms. The third-order valence-electron chi connectivity index (χ3n) is 5.52. The normalized spacial score (nSPS) is 21.6. The van der Waals surface area contributed by atoms with Gasteiger partial charge in [0.2, 0.25) is 11.8 Å². The second-order valence-corrected chi connectivity index (χ2v) is 8.10. The van der Waals surface area contributed by atoms with Gasteiger partial charge in [-0.1, -0.05) is 29.8 Å². The van der Waals surface area contributed by atoms with Gasteiger partial charge in [-0.25, -0.2) is 9.78 Å². The van der Waals surface area contributed by atoms with Crippen LogP contribution in [-0.2, 0) is 4.79 Å². The SMILES string of the molecule is O=C(CN1CCN(c2ccccc2)C1=O)NC1CCC(Oc2ccc(Cl)cn2)CC1. The second-order valence-electron chi connectivity index (χ2n) is 7.66. The summed E-state index contributed by atoms with van der Waals surface area (Å²) in [6, 6.07) is 13.0. The van der Waals surface area contributed by atoms with E-state index in [9.17, 15) is 9.59 Å². The van der Waals surface area contributed by atoms with Crippen molar-refractivity contribution in [3.63, 3.8) is 0 Å². The highest BCUT2D eigenvalue weighted by molar-refractivity contribution is 6.30. The van der Waals surface area contributed by atoms with Gasteiger partial charge in [0.15, 0.2) is 0 Å². The number of urea groups is 1. The zero-order chi connectivity index (χ0) is 20.9. The smallest absolute Gasteiger partial charge is 0.325 e. The molecule has 1 aliphatic heterocycles. The summed E-state index contributed by atoms with van der Waals surface area (Å²) in [5.41, 5.74) is 0.860. The topological polar surface area (TPSA) is 74.8 Å². The van der Waals surface area contributed by atoms with Crippen molar-refractivity contribution in [1.29, 1.82) is 0 Å². The number of hydrogen-bond acceptors (Lipinski definition) is 4. The van der Waals surface area contributed by atoms with Gasteiger partial charge in [0.05, 0.1) is 5.02 Å². The summed E-state index contributed by atoms with van der Waals surface area (Å²) in [5, 5.41) is 3.65. The van der Waals surface area contributed by atoms with E-state index in [0.717, 1.165) is 31.4 Å². The molecule has 0 atom stereocenters. The predicted octanol–water partition coefficient (Wildman–Crippen LogP) is 3.48. The molecule has 0 radical (unpaired) electrons. The molecule has 1 aromatic heterocycles. The van der Waals surface area contributed by atoms with Gasteiger partial charge in [0.1, 0.15) is 12.6 Å². The van der Waals surface area contributed by atoms with E-state index in [-0.39, 0.29) is 30.6 Å². The third-order valence-corrected chi connectivity index (χ3v) is 5.75. The molecule has 1 saturated carbocycles. The molecule has 2 fully saturated rings. The zero-order valence-electron chi connectivity index (χ0n) is 16.7. The number of halogens is 1. The maximum absolute atomic E-state index is 12.6. The minimum Gasteiger partial charge on any atom is -0.474 e. The summed E-state index contributed by atoms with van der Waals surface area (Å²) in [4.78, 5) is 32.6. The lowest BCUT2D eigenvalue weighted by atomic mass is 9.93. The lowest BCUT2D eigenvalue weighted by molar-refractivity contribution is -0.122. The van der Waals surface area contributed by atoms with Gasteiger partial charge >= 0.3 is 6.03 Å². The molecule has 3 amide bonds. The first-order valence-electron chi connectivity index (χ1n) is 10.3. The third kappa shape index (κ3) is 5.02. The minimum absolute atomic E-state index is 0.0893. The number of carbonyl (C=O) groups excluding carboxylic acids is 2. The molecular weight excluding hydrogens is 404 g/mol. The van der Waals surface area contributed by atoms with Crippen molar-refractivity contribution in [1.82, 2.24) is 15.2 Å². The van der Waals surface area contributed by atoms with Crippen LogP contribution < -0.4 is 15.0 Å². The summed E-state index contributed by atoms with van der Waals surface area (Å²) >= 11 is 5.85. The number of hydrogen-bond donors (Lipinski definition) is 1. The molecule has 8 heteroatoms. The number of aromatic nitrogens is 1. The molecule has 0 spiro atoms. The van der Waals surface area contributed by atoms with E-state index in [0.29, 0.717) is 24.0 Å². The number of anilines is 1. The number of para-hydroxylation sites is 1. The molecule has 4 rings (SSSR count). The first-order chi connectivity index (χ1) is 14.6. The van der Waals surface area contributed by atoms with Crippen LogP contribution in [0.4, 0.5) is 10.5 Å². The zero-order valence-corrected chi connectivity index (χ0v) is 17.4. The Bertz CT molecular complexity index is 870. The number of amides is 3. The summed E-state index contributed by atoms with van der Waals surface area (Å²) < 4.78 is 5.90. The molecule has 1 aromatic carbocycles. The van der Waals surface area contributed by atoms with Crippen LogP contribution >= 0.6 is 11.6 Å². The lowest BCUT2D eigenvalue weighted by Gasteiger charge is -2.29. The van der Waals surface area contributed by atoms with Crippen molar-refractivity contribution in [3.05, 3.63) is 53.7 Å². The molecule has 2 heterocycles. The minimum atomic E-state index is -0.121. The Labute approximate surface area is 181 Å². The van der Waals surface area contributed by atoms with Crippen molar-refractivity contribution >= 4 is 29.2 Å². The molecule has 7 nitrogen and oxygen atoms in total. The first kappa shape index (κ1) is 20.5. The van der Waals surface area contributed by atoms with Crippen LogP contribution in [0.25, 0.3) is 0 Å². The number of benzene rings is 1. The molecule has 2 aromatic rings. The fourth-order valence-corrected chi connectivity index (χ4v) is 4.06. The highest BCUT2D eigenvalue weighted by Gasteiger charge is 2.31. The Balaban J connectivity index is 1.21. The van der Waals surface area contributed by atoms with E-state index in [1.807, 2.05) is 30.3 Å². The number of pyridine rings is 1. The van der Waals surface area contributed by atoms with Crippen LogP contribution in [0.15, 0.2) is 48.7 Å². The van der Waals surface area contributed by atoms with E-state index >= 15 is 0 Å². The van der Waals surface area contributed by atoms with Crippen LogP contribution in [-0.4, -0.2) is 53.6 Å². The number of nitrogens with one attached hydrogen (secondary N) is 1. The Kier molecular flexibility index (Phi) is 6.38. The fraction of sp³-hybridized carbons (Fsp3) is 0.409. The van der Waals surface area contributed by atoms with Crippen molar-refractivity contribution in [3.8, 4) is 5.88 Å². The standard InChI is InChI=1S/C22H25ClN4O3/c23-16-6-11-21(24-14-16)30-19-9-7-17(8-10-19)25-20(28)15-26-12-13-27(22(26)29)18-4-2-1-3-5-18/h1-6,11,14,17,19H,7-10,12-13,15H2,(H,25,28). The summed E-state index contributed by atoms with van der Waals surface area (Å²) in [7, 11) is 0. The molecule has 1 aliphatic carbocycles. The average molecular weight is 429 g/mol. The van der Waals surface area contributed by atoms with Crippen LogP contribution in [0.5, 0.6) is 5.88 Å². The molecule has 158 valence electrons. The van der Waals surface area contributed by atoms with Crippen LogP contribution in [0.1, 0.15) is 25.7 Å². The van der Waals surface area contributed by atoms with Crippen LogP contribution in [0.2, 0.25) is 5.02 Å². The van der Waals surface area contributed by atoms with E-state index < -0.39 is 0 Å². The van der Waals surface area contributed by atoms with Crippen molar-refractivity contribution in [2.75, 3.05) is 24.5 Å². The van der Waals surface area contributed by atoms with E-state index in [1.54, 1.807) is 28.1 Å². The van der Waals surface area contributed by atoms with Gasteiger partial charge in [-0.05, 0) is 43.9 Å². The van der Waals surface area contributed by atoms with E-state index in [1.165, 1.54) is 0 Å². The number of nitrogens with zero attached hydrogens (tertiary/aromatic N) is 3. The van der Waals surface area contributed by atoms with E-state index in [4.69, 9.17) is 16.3 Å². The highest BCUT2D eigenvalue weighted by atomic mass is 35.5. The van der Waals surface area contributed by atoms with Crippen molar-refractivity contribution in [2.24, 2.45) is 0 Å². The molecule has 2 aliphatic rings. The van der Waals surface area contributed by atoms with Crippen LogP contribution in [0, 0.1) is 0 Å². The molecular formula is C22H25ClN4O3. The van der Waals surface area contributed by atoms with Crippen LogP contribution in [0.3, 0.4) is 0 Å². The van der Waals surface area contributed by atoms with Gasteiger partial charge in [-0.2, -0.15) is 0 Å². The monoisotopic (exact) mass is 428 g/mol. The van der Waals surface area contributed by atoms with Crippen molar-refractivity contribution < 1.29 is 14.3 Å². The largest absolute Gasteiger partial charge is 0.474 e. The van der Waals surface area contributed by atoms with E-state index in [2.05, 4.69) is 10.3 Å². The molecule has 1 N–H and O–H groups in total. The Morgan fingerprint density at radius 1 is 1.10 bits per heavy atom. The highest BCUT2D eigenvalue weighted by Crippen LogP contribution is 2.24. The quantitative estimate of drug-likeness (QED) is 0.764. The molecule has 1 saturated heterocycles. The Morgan fingerprint density at radius 2 is 1.87 bits per heavy atom. The van der Waals surface area contributed by atoms with Gasteiger partial charge in [-0.3, -0.25) is 9.69 Å². The maximum Gasteiger partial charge on any atom is 0.325 e. The average Bonchev–Trinajstić information content (AvgIpc) is 3.12. The Hall–Kier alpha value is -2.80. The Morgan fingerprint density at radius 3 is 2.57 bits per heavy atom. The van der Waals surface area contributed by atoms with Gasteiger partial charge in [0, 0.05) is 37.1 Å². The fourth-order valence-electron chi connectivity index (χ4n) is 3.95. The maximum atomic E-state index is 12.6. The first-order valence-corrected chi connectivity index (χ1v) is 10.7.